The minimum Gasteiger partial charge on any atom is -0.453 e. The third kappa shape index (κ3) is 4.79. The topological polar surface area (TPSA) is 125 Å². The van der Waals surface area contributed by atoms with Gasteiger partial charge in [0.2, 0.25) is 5.82 Å². The lowest BCUT2D eigenvalue weighted by Gasteiger charge is -2.22. The molecule has 31 heavy (non-hydrogen) atoms. The summed E-state index contributed by atoms with van der Waals surface area (Å²) in [6.07, 6.45) is 1.10. The highest BCUT2D eigenvalue weighted by Gasteiger charge is 2.32. The summed E-state index contributed by atoms with van der Waals surface area (Å²) in [5.41, 5.74) is -0.110. The molecule has 0 aliphatic heterocycles. The summed E-state index contributed by atoms with van der Waals surface area (Å²) >= 11 is 12.4. The van der Waals surface area contributed by atoms with Crippen molar-refractivity contribution in [3.05, 3.63) is 71.7 Å². The lowest BCUT2D eigenvalue weighted by Crippen LogP contribution is -2.33. The number of hydrogen-bond donors (Lipinski definition) is 2. The van der Waals surface area contributed by atoms with E-state index < -0.39 is 34.3 Å². The molecule has 0 amide bonds. The van der Waals surface area contributed by atoms with Crippen LogP contribution in [-0.2, 0) is 0 Å². The molecule has 0 saturated heterocycles. The average molecular weight is 492 g/mol. The van der Waals surface area contributed by atoms with E-state index in [4.69, 9.17) is 33.7 Å². The van der Waals surface area contributed by atoms with Crippen LogP contribution in [0, 0.1) is 0 Å². The Labute approximate surface area is 184 Å². The number of nitrogens with two attached hydrogens (primary N) is 1. The number of anilines is 1. The second-order valence-electron chi connectivity index (χ2n) is 6.36. The van der Waals surface area contributed by atoms with E-state index in [0.29, 0.717) is 0 Å². The fourth-order valence-corrected chi connectivity index (χ4v) is 3.22. The molecule has 0 bridgehead atoms. The normalized spacial score (nSPS) is 12.6. The van der Waals surface area contributed by atoms with E-state index in [-0.39, 0.29) is 27.2 Å². The zero-order valence-electron chi connectivity index (χ0n) is 15.6. The third-order valence-corrected chi connectivity index (χ3v) is 5.23. The van der Waals surface area contributed by atoms with Crippen molar-refractivity contribution in [2.75, 3.05) is 5.73 Å². The molecule has 0 fully saturated rings. The zero-order valence-corrected chi connectivity index (χ0v) is 18.3. The van der Waals surface area contributed by atoms with Crippen molar-refractivity contribution in [3.8, 4) is 17.2 Å². The Bertz CT molecular complexity index is 1310. The van der Waals surface area contributed by atoms with Gasteiger partial charge < -0.3 is 15.0 Å². The van der Waals surface area contributed by atoms with Gasteiger partial charge in [-0.2, -0.15) is 4.68 Å². The minimum absolute atomic E-state index is 0.0147. The van der Waals surface area contributed by atoms with Gasteiger partial charge in [-0.25, -0.2) is 13.6 Å². The second-order valence-corrected chi connectivity index (χ2v) is 7.94. The molecule has 0 aliphatic carbocycles. The van der Waals surface area contributed by atoms with Crippen molar-refractivity contribution in [1.82, 2.24) is 19.3 Å². The van der Waals surface area contributed by atoms with Gasteiger partial charge in [0.15, 0.2) is 5.75 Å². The van der Waals surface area contributed by atoms with Crippen LogP contribution >= 0.6 is 32.4 Å². The molecular formula is C17H14Cl2F2N5O4P. The number of nitrogens with one attached hydrogen (secondary N) is 1. The smallest absolute Gasteiger partial charge is 0.349 e. The molecule has 3 aromatic rings. The van der Waals surface area contributed by atoms with Gasteiger partial charge in [-0.1, -0.05) is 32.4 Å². The largest absolute Gasteiger partial charge is 0.453 e. The number of alkyl halides is 2. The van der Waals surface area contributed by atoms with Crippen molar-refractivity contribution in [3.63, 3.8) is 0 Å². The summed E-state index contributed by atoms with van der Waals surface area (Å²) in [4.78, 5) is 37.3. The number of nitrogens with zero attached hydrogens (tertiary/aromatic N) is 3. The van der Waals surface area contributed by atoms with Crippen LogP contribution in [0.2, 0.25) is 10.0 Å². The number of H-pyrrole nitrogens is 1. The molecule has 0 spiro atoms. The first-order valence-electron chi connectivity index (χ1n) is 8.43. The summed E-state index contributed by atoms with van der Waals surface area (Å²) in [5, 5.41) is 3.54. The average Bonchev–Trinajstić information content (AvgIpc) is 2.67. The second kappa shape index (κ2) is 8.41. The first-order chi connectivity index (χ1) is 14.4. The van der Waals surface area contributed by atoms with Gasteiger partial charge in [0, 0.05) is 6.07 Å². The van der Waals surface area contributed by atoms with E-state index in [1.807, 2.05) is 4.98 Å². The lowest BCUT2D eigenvalue weighted by molar-refractivity contribution is 0.0488. The molecule has 2 atom stereocenters. The van der Waals surface area contributed by atoms with Crippen molar-refractivity contribution < 1.29 is 13.5 Å². The summed E-state index contributed by atoms with van der Waals surface area (Å²) in [6, 6.07) is 3.40. The van der Waals surface area contributed by atoms with E-state index in [9.17, 15) is 23.2 Å². The Balaban J connectivity index is 2.01. The molecule has 1 aromatic carbocycles. The summed E-state index contributed by atoms with van der Waals surface area (Å²) in [6.45, 7) is 1.17. The zero-order chi connectivity index (χ0) is 23.1. The van der Waals surface area contributed by atoms with Gasteiger partial charge in [-0.05, 0) is 25.1 Å². The number of hydrogen-bond acceptors (Lipinski definition) is 6. The number of benzene rings is 1. The predicted molar refractivity (Wildman–Crippen MR) is 115 cm³/mol. The highest BCUT2D eigenvalue weighted by molar-refractivity contribution is 7.18. The molecule has 0 saturated carbocycles. The first kappa shape index (κ1) is 22.9. The van der Waals surface area contributed by atoms with E-state index in [2.05, 4.69) is 5.10 Å². The molecule has 0 radical (unpaired) electrons. The summed E-state index contributed by atoms with van der Waals surface area (Å²) in [5.74, 6) is -0.497. The van der Waals surface area contributed by atoms with Crippen LogP contribution in [0.3, 0.4) is 0 Å². The van der Waals surface area contributed by atoms with Crippen LogP contribution in [0.25, 0.3) is 5.69 Å². The van der Waals surface area contributed by atoms with Crippen LogP contribution < -0.4 is 27.3 Å². The van der Waals surface area contributed by atoms with E-state index in [1.54, 1.807) is 0 Å². The fourth-order valence-electron chi connectivity index (χ4n) is 2.50. The van der Waals surface area contributed by atoms with Crippen LogP contribution in [0.4, 0.5) is 14.6 Å². The number of aromatic nitrogens is 4. The maximum atomic E-state index is 13.6. The highest BCUT2D eigenvalue weighted by Crippen LogP contribution is 2.39. The number of halogens is 4. The molecular weight excluding hydrogens is 478 g/mol. The van der Waals surface area contributed by atoms with E-state index in [1.165, 1.54) is 34.4 Å². The molecule has 14 heteroatoms. The van der Waals surface area contributed by atoms with Crippen molar-refractivity contribution >= 4 is 38.3 Å². The minimum atomic E-state index is -3.24. The summed E-state index contributed by atoms with van der Waals surface area (Å²) < 4.78 is 34.4. The van der Waals surface area contributed by atoms with Crippen molar-refractivity contribution in [2.24, 2.45) is 0 Å². The van der Waals surface area contributed by atoms with Gasteiger partial charge >= 0.3 is 5.69 Å². The Morgan fingerprint density at radius 2 is 1.84 bits per heavy atom. The van der Waals surface area contributed by atoms with Crippen LogP contribution in [0.5, 0.6) is 11.5 Å². The Kier molecular flexibility index (Phi) is 6.22. The number of nitrogen functional groups attached to an aromatic ring is 1. The van der Waals surface area contributed by atoms with Crippen molar-refractivity contribution in [1.29, 1.82) is 0 Å². The molecule has 2 heterocycles. The molecule has 0 aliphatic rings. The Morgan fingerprint density at radius 1 is 1.23 bits per heavy atom. The van der Waals surface area contributed by atoms with Gasteiger partial charge in [0.1, 0.15) is 11.8 Å². The van der Waals surface area contributed by atoms with E-state index in [0.717, 1.165) is 21.5 Å². The van der Waals surface area contributed by atoms with E-state index >= 15 is 0 Å². The molecule has 3 N–H and O–H groups in total. The molecule has 2 aromatic heterocycles. The fraction of sp³-hybridized carbons (Fsp3) is 0.176. The Hall–Kier alpha value is -2.75. The molecule has 9 nitrogen and oxygen atoms in total. The van der Waals surface area contributed by atoms with Gasteiger partial charge in [0.25, 0.3) is 16.8 Å². The molecule has 164 valence electrons. The molecule has 2 unspecified atom stereocenters. The lowest BCUT2D eigenvalue weighted by atomic mass is 10.3. The third-order valence-electron chi connectivity index (χ3n) is 4.19. The highest BCUT2D eigenvalue weighted by atomic mass is 35.5. The summed E-state index contributed by atoms with van der Waals surface area (Å²) in [7, 11) is 1.38. The van der Waals surface area contributed by atoms with Crippen LogP contribution in [0.15, 0.2) is 44.8 Å². The quantitative estimate of drug-likeness (QED) is 0.528. The maximum absolute atomic E-state index is 13.6. The van der Waals surface area contributed by atoms with Gasteiger partial charge in [0.05, 0.1) is 21.9 Å². The Morgan fingerprint density at radius 3 is 2.42 bits per heavy atom. The number of ether oxygens (including phenoxy) is 1. The number of pyridine rings is 1. The first-order valence-corrected chi connectivity index (χ1v) is 9.77. The van der Waals surface area contributed by atoms with Crippen molar-refractivity contribution in [2.45, 2.75) is 18.6 Å². The van der Waals surface area contributed by atoms with Crippen LogP contribution in [0.1, 0.15) is 13.0 Å². The van der Waals surface area contributed by atoms with Crippen LogP contribution in [-0.4, -0.2) is 25.0 Å². The predicted octanol–water partition coefficient (Wildman–Crippen LogP) is 2.79. The van der Waals surface area contributed by atoms with Gasteiger partial charge in [-0.3, -0.25) is 14.6 Å². The maximum Gasteiger partial charge on any atom is 0.349 e. The standard InChI is InChI=1S/C17H14Cl2F2N5O4P/c1-7(17(20,21)31)25-6-9(2-3-12(25)27)30-13-10(18)4-8(5-11(13)19)26-16(29)23-15(28)14(22)24-26/h2-7H,31H2,1H3,(H2,22,24)(H,23,28,29). The van der Waals surface area contributed by atoms with Gasteiger partial charge in [-0.15, -0.1) is 5.10 Å². The SMILES string of the molecule is CC(n1cc(Oc2c(Cl)cc(-n3nc(N)c(=O)[nH]c3=O)cc2Cl)ccc1=O)C(F)(F)P. The number of rotatable bonds is 5. The number of aromatic amines is 1. The monoisotopic (exact) mass is 491 g/mol. The molecule has 3 rings (SSSR count).